The number of aryl methyl sites for hydroxylation is 1. The molecule has 1 aromatic carbocycles. The zero-order valence-electron chi connectivity index (χ0n) is 13.9. The van der Waals surface area contributed by atoms with E-state index in [0.29, 0.717) is 26.6 Å². The first-order valence-corrected chi connectivity index (χ1v) is 11.1. The lowest BCUT2D eigenvalue weighted by molar-refractivity contribution is -0.00886. The van der Waals surface area contributed by atoms with Crippen molar-refractivity contribution in [2.24, 2.45) is 10.8 Å². The highest BCUT2D eigenvalue weighted by Gasteiger charge is 2.64. The van der Waals surface area contributed by atoms with Crippen LogP contribution in [0.15, 0.2) is 18.2 Å². The minimum atomic E-state index is 0.444. The molecule has 124 valence electrons. The Bertz CT molecular complexity index is 651. The topological polar surface area (TPSA) is 20.2 Å². The second-order valence-electron chi connectivity index (χ2n) is 8.52. The molecule has 3 atom stereocenters. The number of phenols is 1. The van der Waals surface area contributed by atoms with Crippen molar-refractivity contribution in [1.29, 1.82) is 0 Å². The van der Waals surface area contributed by atoms with Crippen LogP contribution in [0.1, 0.15) is 62.5 Å². The summed E-state index contributed by atoms with van der Waals surface area (Å²) in [6.45, 7) is 2.54. The molecule has 1 aromatic rings. The van der Waals surface area contributed by atoms with Crippen LogP contribution in [0.25, 0.3) is 0 Å². The number of fused-ring (bicyclic) bond motifs is 4. The van der Waals surface area contributed by atoms with Crippen molar-refractivity contribution in [3.63, 3.8) is 0 Å². The van der Waals surface area contributed by atoms with E-state index in [1.807, 2.05) is 12.1 Å². The summed E-state index contributed by atoms with van der Waals surface area (Å²) in [6.07, 6.45) is 9.59. The minimum absolute atomic E-state index is 0.444. The van der Waals surface area contributed by atoms with Crippen molar-refractivity contribution >= 4 is 23.5 Å². The van der Waals surface area contributed by atoms with Crippen molar-refractivity contribution in [2.75, 3.05) is 11.5 Å². The number of rotatable bonds is 0. The van der Waals surface area contributed by atoms with Crippen molar-refractivity contribution < 1.29 is 5.11 Å². The Hall–Kier alpha value is -0.280. The van der Waals surface area contributed by atoms with Crippen LogP contribution in [0, 0.1) is 10.8 Å². The van der Waals surface area contributed by atoms with Gasteiger partial charge in [0.15, 0.2) is 0 Å². The summed E-state index contributed by atoms with van der Waals surface area (Å²) in [6, 6.07) is 6.19. The van der Waals surface area contributed by atoms with Gasteiger partial charge in [-0.1, -0.05) is 13.0 Å². The van der Waals surface area contributed by atoms with Crippen LogP contribution in [0.2, 0.25) is 0 Å². The van der Waals surface area contributed by atoms with Gasteiger partial charge in [0.1, 0.15) is 5.75 Å². The summed E-state index contributed by atoms with van der Waals surface area (Å²) in [5.74, 6) is 3.87. The molecule has 1 saturated heterocycles. The van der Waals surface area contributed by atoms with E-state index in [2.05, 4.69) is 36.5 Å². The Balaban J connectivity index is 1.54. The molecule has 0 aromatic heterocycles. The Morgan fingerprint density at radius 1 is 1.04 bits per heavy atom. The van der Waals surface area contributed by atoms with Crippen LogP contribution < -0.4 is 0 Å². The summed E-state index contributed by atoms with van der Waals surface area (Å²) < 4.78 is 0.558. The SMILES string of the molecule is C[C@@]12CCc3cc(O)ccc3[C@H]1C[C@@]1(CCC13SCCS3)CC2. The Labute approximate surface area is 148 Å². The van der Waals surface area contributed by atoms with Gasteiger partial charge in [-0.2, -0.15) is 0 Å². The first-order chi connectivity index (χ1) is 11.1. The molecule has 0 radical (unpaired) electrons. The molecule has 1 N–H and O–H groups in total. The van der Waals surface area contributed by atoms with Gasteiger partial charge >= 0.3 is 0 Å². The van der Waals surface area contributed by atoms with Crippen LogP contribution in [0.5, 0.6) is 5.75 Å². The first kappa shape index (κ1) is 15.0. The smallest absolute Gasteiger partial charge is 0.115 e. The number of benzene rings is 1. The van der Waals surface area contributed by atoms with Gasteiger partial charge in [-0.3, -0.25) is 0 Å². The number of aromatic hydroxyl groups is 1. The molecule has 3 aliphatic carbocycles. The van der Waals surface area contributed by atoms with Crippen molar-refractivity contribution in [1.82, 2.24) is 0 Å². The van der Waals surface area contributed by atoms with Gasteiger partial charge in [0.05, 0.1) is 4.08 Å². The van der Waals surface area contributed by atoms with E-state index in [-0.39, 0.29) is 0 Å². The first-order valence-electron chi connectivity index (χ1n) is 9.16. The van der Waals surface area contributed by atoms with Gasteiger partial charge in [-0.25, -0.2) is 0 Å². The molecule has 23 heavy (non-hydrogen) atoms. The summed E-state index contributed by atoms with van der Waals surface area (Å²) in [4.78, 5) is 0. The lowest BCUT2D eigenvalue weighted by atomic mass is 9.48. The highest BCUT2D eigenvalue weighted by molar-refractivity contribution is 8.21. The van der Waals surface area contributed by atoms with Gasteiger partial charge in [0.25, 0.3) is 0 Å². The van der Waals surface area contributed by atoms with Crippen LogP contribution in [-0.2, 0) is 6.42 Å². The summed E-state index contributed by atoms with van der Waals surface area (Å²) in [5.41, 5.74) is 4.06. The molecule has 2 spiro atoms. The molecule has 1 aliphatic heterocycles. The zero-order chi connectivity index (χ0) is 15.7. The van der Waals surface area contributed by atoms with Crippen LogP contribution in [0.3, 0.4) is 0 Å². The molecule has 0 bridgehead atoms. The summed E-state index contributed by atoms with van der Waals surface area (Å²) >= 11 is 4.56. The zero-order valence-corrected chi connectivity index (χ0v) is 15.6. The van der Waals surface area contributed by atoms with Crippen molar-refractivity contribution in [3.05, 3.63) is 29.3 Å². The second-order valence-corrected chi connectivity index (χ2v) is 11.6. The maximum absolute atomic E-state index is 9.87. The predicted molar refractivity (Wildman–Crippen MR) is 100 cm³/mol. The fourth-order valence-electron chi connectivity index (χ4n) is 5.95. The standard InChI is InChI=1S/C20H26OS2/c1-18-5-4-14-12-15(21)2-3-16(14)17(18)13-19(7-6-18)8-9-20(19)22-10-11-23-20/h2-3,12,17,21H,4-11,13H2,1H3/t17-,18+,19+/m1/s1. The molecule has 3 heteroatoms. The van der Waals surface area contributed by atoms with E-state index in [9.17, 15) is 5.11 Å². The third kappa shape index (κ3) is 1.96. The third-order valence-electron chi connectivity index (χ3n) is 7.57. The monoisotopic (exact) mass is 346 g/mol. The van der Waals surface area contributed by atoms with E-state index in [0.717, 1.165) is 6.42 Å². The van der Waals surface area contributed by atoms with Gasteiger partial charge in [0, 0.05) is 11.5 Å². The highest BCUT2D eigenvalue weighted by Crippen LogP contribution is 2.75. The number of thioether (sulfide) groups is 2. The molecule has 3 fully saturated rings. The lowest BCUT2D eigenvalue weighted by Gasteiger charge is -2.64. The molecule has 0 amide bonds. The summed E-state index contributed by atoms with van der Waals surface area (Å²) in [5, 5.41) is 9.87. The van der Waals surface area contributed by atoms with E-state index in [1.165, 1.54) is 55.6 Å². The van der Waals surface area contributed by atoms with Gasteiger partial charge < -0.3 is 5.11 Å². The Morgan fingerprint density at radius 3 is 2.57 bits per heavy atom. The molecule has 0 unspecified atom stereocenters. The normalized spacial score (nSPS) is 40.7. The molecule has 1 heterocycles. The lowest BCUT2D eigenvalue weighted by Crippen LogP contribution is -2.56. The fraction of sp³-hybridized carbons (Fsp3) is 0.700. The average Bonchev–Trinajstić information content (AvgIpc) is 3.05. The van der Waals surface area contributed by atoms with Gasteiger partial charge in [-0.15, -0.1) is 23.5 Å². The van der Waals surface area contributed by atoms with Crippen LogP contribution in [0.4, 0.5) is 0 Å². The summed E-state index contributed by atoms with van der Waals surface area (Å²) in [7, 11) is 0. The molecule has 4 aliphatic rings. The fourth-order valence-corrected chi connectivity index (χ4v) is 9.79. The largest absolute Gasteiger partial charge is 0.508 e. The quantitative estimate of drug-likeness (QED) is 0.663. The third-order valence-corrected chi connectivity index (χ3v) is 11.6. The Morgan fingerprint density at radius 2 is 1.83 bits per heavy atom. The number of phenolic OH excluding ortho intramolecular Hbond substituents is 1. The van der Waals surface area contributed by atoms with Crippen molar-refractivity contribution in [3.8, 4) is 5.75 Å². The van der Waals surface area contributed by atoms with Gasteiger partial charge in [-0.05, 0) is 85.0 Å². The maximum atomic E-state index is 9.87. The minimum Gasteiger partial charge on any atom is -0.508 e. The van der Waals surface area contributed by atoms with Gasteiger partial charge in [0.2, 0.25) is 0 Å². The van der Waals surface area contributed by atoms with E-state index >= 15 is 0 Å². The molecule has 5 rings (SSSR count). The molecule has 2 saturated carbocycles. The van der Waals surface area contributed by atoms with E-state index in [1.54, 1.807) is 5.56 Å². The number of hydrogen-bond acceptors (Lipinski definition) is 3. The number of hydrogen-bond donors (Lipinski definition) is 1. The highest BCUT2D eigenvalue weighted by atomic mass is 32.2. The Kier molecular flexibility index (Phi) is 3.18. The van der Waals surface area contributed by atoms with Crippen LogP contribution in [-0.4, -0.2) is 20.7 Å². The molecule has 1 nitrogen and oxygen atoms in total. The van der Waals surface area contributed by atoms with Crippen molar-refractivity contribution in [2.45, 2.75) is 61.9 Å². The predicted octanol–water partition coefficient (Wildman–Crippen LogP) is 5.57. The second kappa shape index (κ2) is 4.88. The van der Waals surface area contributed by atoms with E-state index in [4.69, 9.17) is 0 Å². The average molecular weight is 347 g/mol. The van der Waals surface area contributed by atoms with E-state index < -0.39 is 0 Å². The molecular formula is C20H26OS2. The molecular weight excluding hydrogens is 320 g/mol. The maximum Gasteiger partial charge on any atom is 0.115 e. The van der Waals surface area contributed by atoms with Crippen LogP contribution >= 0.6 is 23.5 Å².